The topological polar surface area (TPSA) is 102 Å². The molecular formula is C10H8N2O5Se. The summed E-state index contributed by atoms with van der Waals surface area (Å²) in [7, 11) is 0. The van der Waals surface area contributed by atoms with E-state index in [-0.39, 0.29) is 11.1 Å². The van der Waals surface area contributed by atoms with Gasteiger partial charge in [0.1, 0.15) is 0 Å². The number of aliphatic carboxylic acids is 1. The van der Waals surface area contributed by atoms with E-state index in [0.29, 0.717) is 4.26 Å². The van der Waals surface area contributed by atoms with Crippen LogP contribution in [-0.2, 0) is 4.79 Å². The first kappa shape index (κ1) is 12.5. The number of nitro groups is 1. The quantitative estimate of drug-likeness (QED) is 0.508. The van der Waals surface area contributed by atoms with Crippen LogP contribution in [0.15, 0.2) is 23.0 Å². The molecule has 1 atom stereocenters. The molecule has 94 valence electrons. The molecule has 2 rings (SSSR count). The first-order chi connectivity index (χ1) is 8.43. The van der Waals surface area contributed by atoms with Crippen LogP contribution >= 0.6 is 0 Å². The molecule has 1 aromatic carbocycles. The molecule has 0 amide bonds. The third kappa shape index (κ3) is 1.85. The van der Waals surface area contributed by atoms with Gasteiger partial charge in [0.15, 0.2) is 0 Å². The van der Waals surface area contributed by atoms with Gasteiger partial charge in [-0.15, -0.1) is 0 Å². The van der Waals surface area contributed by atoms with Crippen molar-refractivity contribution >= 4 is 36.0 Å². The molecule has 0 fully saturated rings. The molecule has 18 heavy (non-hydrogen) atoms. The maximum absolute atomic E-state index is 12.0. The Morgan fingerprint density at radius 2 is 2.22 bits per heavy atom. The van der Waals surface area contributed by atoms with Gasteiger partial charge in [0.05, 0.1) is 0 Å². The van der Waals surface area contributed by atoms with Crippen molar-refractivity contribution in [3.63, 3.8) is 0 Å². The van der Waals surface area contributed by atoms with Crippen LogP contribution in [0.2, 0.25) is 0 Å². The summed E-state index contributed by atoms with van der Waals surface area (Å²) in [5, 5.41) is 20.0. The van der Waals surface area contributed by atoms with E-state index < -0.39 is 37.2 Å². The Hall–Kier alpha value is -1.92. The standard InChI is InChI=1S/C10H8N2O5Se/c1-5(10(14)15)11-9(13)6-3-2-4-7(12(16)17)8(6)18-11/h2-5H,1H3,(H,14,15)/t5-/m0/s1. The fourth-order valence-electron chi connectivity index (χ4n) is 1.55. The van der Waals surface area contributed by atoms with Crippen LogP contribution in [0.3, 0.4) is 0 Å². The minimum atomic E-state index is -1.12. The number of carboxylic acids is 1. The number of rotatable bonds is 3. The van der Waals surface area contributed by atoms with Crippen molar-refractivity contribution in [1.82, 2.24) is 3.56 Å². The molecule has 1 aromatic heterocycles. The summed E-state index contributed by atoms with van der Waals surface area (Å²) in [5.74, 6) is -1.12. The monoisotopic (exact) mass is 316 g/mol. The van der Waals surface area contributed by atoms with Crippen molar-refractivity contribution in [1.29, 1.82) is 0 Å². The van der Waals surface area contributed by atoms with E-state index in [9.17, 15) is 19.7 Å². The number of carbonyl (C=O) groups is 1. The number of non-ortho nitro benzene ring substituents is 1. The van der Waals surface area contributed by atoms with Crippen LogP contribution in [0.25, 0.3) is 9.65 Å². The zero-order valence-corrected chi connectivity index (χ0v) is 10.9. The maximum atomic E-state index is 12.0. The Kier molecular flexibility index (Phi) is 3.06. The Balaban J connectivity index is 2.78. The van der Waals surface area contributed by atoms with Gasteiger partial charge in [-0.05, 0) is 0 Å². The Bertz CT molecular complexity index is 702. The third-order valence-electron chi connectivity index (χ3n) is 2.52. The number of benzene rings is 1. The normalized spacial score (nSPS) is 12.5. The molecule has 0 saturated carbocycles. The van der Waals surface area contributed by atoms with Crippen molar-refractivity contribution in [2.75, 3.05) is 0 Å². The van der Waals surface area contributed by atoms with Gasteiger partial charge in [0.2, 0.25) is 0 Å². The van der Waals surface area contributed by atoms with Crippen LogP contribution in [0.5, 0.6) is 0 Å². The molecule has 0 radical (unpaired) electrons. The van der Waals surface area contributed by atoms with Crippen molar-refractivity contribution < 1.29 is 14.8 Å². The minimum absolute atomic E-state index is 0.124. The van der Waals surface area contributed by atoms with Gasteiger partial charge in [0, 0.05) is 0 Å². The predicted molar refractivity (Wildman–Crippen MR) is 64.1 cm³/mol. The van der Waals surface area contributed by atoms with E-state index in [1.165, 1.54) is 28.7 Å². The van der Waals surface area contributed by atoms with E-state index in [0.717, 1.165) is 0 Å². The summed E-state index contributed by atoms with van der Waals surface area (Å²) in [6, 6.07) is 3.26. The molecule has 0 aliphatic heterocycles. The first-order valence-electron chi connectivity index (χ1n) is 4.95. The van der Waals surface area contributed by atoms with Crippen LogP contribution in [-0.4, -0.2) is 34.3 Å². The Morgan fingerprint density at radius 1 is 1.56 bits per heavy atom. The fraction of sp³-hybridized carbons (Fsp3) is 0.200. The molecule has 8 heteroatoms. The number of hydrogen-bond acceptors (Lipinski definition) is 4. The number of aromatic nitrogens is 1. The van der Waals surface area contributed by atoms with Crippen molar-refractivity contribution in [3.05, 3.63) is 38.7 Å². The van der Waals surface area contributed by atoms with E-state index in [1.54, 1.807) is 0 Å². The second kappa shape index (κ2) is 4.40. The van der Waals surface area contributed by atoms with Gasteiger partial charge in [-0.3, -0.25) is 0 Å². The second-order valence-corrected chi connectivity index (χ2v) is 5.71. The summed E-state index contributed by atoms with van der Waals surface area (Å²) in [5.41, 5.74) is -0.579. The number of carboxylic acid groups (broad SMARTS) is 1. The Morgan fingerprint density at radius 3 is 2.78 bits per heavy atom. The fourth-order valence-corrected chi connectivity index (χ4v) is 3.89. The SMILES string of the molecule is C[C@@H](C(=O)O)n1[se]c2c([N+](=O)[O-])cccc2c1=O. The van der Waals surface area contributed by atoms with E-state index in [1.807, 2.05) is 0 Å². The van der Waals surface area contributed by atoms with Gasteiger partial charge in [-0.25, -0.2) is 0 Å². The van der Waals surface area contributed by atoms with E-state index in [4.69, 9.17) is 5.11 Å². The van der Waals surface area contributed by atoms with Gasteiger partial charge in [0.25, 0.3) is 0 Å². The number of nitro benzene ring substituents is 1. The molecule has 0 bridgehead atoms. The van der Waals surface area contributed by atoms with Crippen molar-refractivity contribution in [2.45, 2.75) is 13.0 Å². The average molecular weight is 315 g/mol. The first-order valence-corrected chi connectivity index (χ1v) is 6.57. The molecule has 0 saturated heterocycles. The van der Waals surface area contributed by atoms with E-state index in [2.05, 4.69) is 0 Å². The van der Waals surface area contributed by atoms with Crippen LogP contribution in [0.4, 0.5) is 5.69 Å². The number of nitrogens with zero attached hydrogens (tertiary/aromatic N) is 2. The molecule has 0 aliphatic rings. The zero-order valence-electron chi connectivity index (χ0n) is 9.19. The molecule has 0 unspecified atom stereocenters. The van der Waals surface area contributed by atoms with Gasteiger partial charge >= 0.3 is 106 Å². The molecular weight excluding hydrogens is 307 g/mol. The Labute approximate surface area is 106 Å². The summed E-state index contributed by atoms with van der Waals surface area (Å²) in [6.45, 7) is 1.39. The van der Waals surface area contributed by atoms with Crippen molar-refractivity contribution in [2.24, 2.45) is 0 Å². The molecule has 1 N–H and O–H groups in total. The second-order valence-electron chi connectivity index (χ2n) is 3.65. The van der Waals surface area contributed by atoms with Crippen molar-refractivity contribution in [3.8, 4) is 0 Å². The third-order valence-corrected chi connectivity index (χ3v) is 5.23. The van der Waals surface area contributed by atoms with Crippen LogP contribution < -0.4 is 5.56 Å². The van der Waals surface area contributed by atoms with Crippen LogP contribution in [0, 0.1) is 10.1 Å². The molecule has 0 aliphatic carbocycles. The summed E-state index contributed by atoms with van der Waals surface area (Å²) >= 11 is -0.673. The molecule has 7 nitrogen and oxygen atoms in total. The molecule has 0 spiro atoms. The zero-order chi connectivity index (χ0) is 13.4. The van der Waals surface area contributed by atoms with Crippen LogP contribution in [0.1, 0.15) is 13.0 Å². The van der Waals surface area contributed by atoms with Gasteiger partial charge in [-0.2, -0.15) is 0 Å². The summed E-state index contributed by atoms with van der Waals surface area (Å²) in [6.07, 6.45) is 0. The summed E-state index contributed by atoms with van der Waals surface area (Å²) in [4.78, 5) is 33.2. The molecule has 1 heterocycles. The van der Waals surface area contributed by atoms with E-state index >= 15 is 0 Å². The average Bonchev–Trinajstić information content (AvgIpc) is 2.65. The predicted octanol–water partition coefficient (Wildman–Crippen LogP) is 0.612. The summed E-state index contributed by atoms with van der Waals surface area (Å²) < 4.78 is 1.51. The number of hydrogen-bond donors (Lipinski definition) is 1. The van der Waals surface area contributed by atoms with Gasteiger partial charge in [-0.1, -0.05) is 0 Å². The number of fused-ring (bicyclic) bond motifs is 1. The van der Waals surface area contributed by atoms with Gasteiger partial charge < -0.3 is 0 Å². The molecule has 2 aromatic rings.